The summed E-state index contributed by atoms with van der Waals surface area (Å²) in [6.07, 6.45) is 3.04. The number of rotatable bonds is 5. The van der Waals surface area contributed by atoms with Gasteiger partial charge in [-0.05, 0) is 40.6 Å². The number of esters is 1. The summed E-state index contributed by atoms with van der Waals surface area (Å²) in [7, 11) is 1.53. The number of hydrogen-bond donors (Lipinski definition) is 0. The van der Waals surface area contributed by atoms with Gasteiger partial charge in [-0.1, -0.05) is 0 Å². The van der Waals surface area contributed by atoms with Crippen LogP contribution in [0.3, 0.4) is 0 Å². The first-order chi connectivity index (χ1) is 11.7. The SMILES string of the molecule is COc1ccc2c(COC(=O)/C=C/c3ccsc3)cc(=O)oc2c1. The molecular formula is C18H14O5S. The molecule has 3 rings (SSSR count). The van der Waals surface area contributed by atoms with Gasteiger partial charge in [0.1, 0.15) is 17.9 Å². The van der Waals surface area contributed by atoms with Gasteiger partial charge in [0.25, 0.3) is 0 Å². The highest BCUT2D eigenvalue weighted by Crippen LogP contribution is 2.23. The Balaban J connectivity index is 1.77. The van der Waals surface area contributed by atoms with Crippen molar-refractivity contribution in [2.75, 3.05) is 7.11 Å². The molecule has 24 heavy (non-hydrogen) atoms. The van der Waals surface area contributed by atoms with Crippen molar-refractivity contribution in [3.8, 4) is 5.75 Å². The van der Waals surface area contributed by atoms with Crippen molar-refractivity contribution in [3.63, 3.8) is 0 Å². The lowest BCUT2D eigenvalue weighted by Crippen LogP contribution is -2.05. The maximum Gasteiger partial charge on any atom is 0.336 e. The monoisotopic (exact) mass is 342 g/mol. The fraction of sp³-hybridized carbons (Fsp3) is 0.111. The summed E-state index contributed by atoms with van der Waals surface area (Å²) in [6.45, 7) is -0.0127. The van der Waals surface area contributed by atoms with Gasteiger partial charge in [0.15, 0.2) is 0 Å². The molecule has 0 fully saturated rings. The Bertz CT molecular complexity index is 938. The molecule has 0 aliphatic heterocycles. The Morgan fingerprint density at radius 2 is 2.17 bits per heavy atom. The molecule has 3 aromatic rings. The van der Waals surface area contributed by atoms with Gasteiger partial charge in [-0.3, -0.25) is 0 Å². The van der Waals surface area contributed by atoms with Crippen LogP contribution in [0.25, 0.3) is 17.0 Å². The Morgan fingerprint density at radius 3 is 2.92 bits per heavy atom. The molecule has 0 saturated carbocycles. The van der Waals surface area contributed by atoms with Crippen molar-refractivity contribution >= 4 is 34.4 Å². The molecule has 2 aromatic heterocycles. The average Bonchev–Trinajstić information content (AvgIpc) is 3.10. The van der Waals surface area contributed by atoms with Crippen LogP contribution in [0.15, 0.2) is 56.4 Å². The third-order valence-electron chi connectivity index (χ3n) is 3.36. The van der Waals surface area contributed by atoms with Gasteiger partial charge in [-0.25, -0.2) is 9.59 Å². The quantitative estimate of drug-likeness (QED) is 0.402. The van der Waals surface area contributed by atoms with E-state index < -0.39 is 11.6 Å². The van der Waals surface area contributed by atoms with Crippen LogP contribution in [-0.4, -0.2) is 13.1 Å². The highest BCUT2D eigenvalue weighted by Gasteiger charge is 2.09. The molecule has 0 amide bonds. The first kappa shape index (κ1) is 16.0. The smallest absolute Gasteiger partial charge is 0.336 e. The van der Waals surface area contributed by atoms with E-state index in [1.165, 1.54) is 19.3 Å². The van der Waals surface area contributed by atoms with Crippen molar-refractivity contribution in [1.29, 1.82) is 0 Å². The molecule has 0 bridgehead atoms. The molecule has 0 saturated heterocycles. The van der Waals surface area contributed by atoms with E-state index in [1.807, 2.05) is 16.8 Å². The summed E-state index contributed by atoms with van der Waals surface area (Å²) < 4.78 is 15.5. The second-order valence-electron chi connectivity index (χ2n) is 4.95. The van der Waals surface area contributed by atoms with Crippen molar-refractivity contribution in [2.45, 2.75) is 6.61 Å². The zero-order chi connectivity index (χ0) is 16.9. The van der Waals surface area contributed by atoms with Crippen LogP contribution in [0.4, 0.5) is 0 Å². The van der Waals surface area contributed by atoms with Crippen LogP contribution in [-0.2, 0) is 16.1 Å². The Labute approximate surface area is 141 Å². The third-order valence-corrected chi connectivity index (χ3v) is 4.06. The molecule has 122 valence electrons. The number of methoxy groups -OCH3 is 1. The van der Waals surface area contributed by atoms with Gasteiger partial charge < -0.3 is 13.9 Å². The molecule has 2 heterocycles. The van der Waals surface area contributed by atoms with Gasteiger partial charge in [-0.2, -0.15) is 11.3 Å². The molecule has 0 spiro atoms. The van der Waals surface area contributed by atoms with Crippen LogP contribution in [0.1, 0.15) is 11.1 Å². The molecule has 0 aliphatic rings. The number of carbonyl (C=O) groups is 1. The Morgan fingerprint density at radius 1 is 1.29 bits per heavy atom. The van der Waals surface area contributed by atoms with E-state index >= 15 is 0 Å². The summed E-state index contributed by atoms with van der Waals surface area (Å²) in [5.74, 6) is 0.106. The van der Waals surface area contributed by atoms with Crippen LogP contribution in [0.2, 0.25) is 0 Å². The summed E-state index contributed by atoms with van der Waals surface area (Å²) >= 11 is 1.55. The first-order valence-electron chi connectivity index (χ1n) is 7.13. The zero-order valence-corrected chi connectivity index (χ0v) is 13.7. The lowest BCUT2D eigenvalue weighted by molar-refractivity contribution is -0.138. The van der Waals surface area contributed by atoms with E-state index in [9.17, 15) is 9.59 Å². The van der Waals surface area contributed by atoms with Crippen LogP contribution in [0, 0.1) is 0 Å². The highest BCUT2D eigenvalue weighted by molar-refractivity contribution is 7.08. The van der Waals surface area contributed by atoms with E-state index in [2.05, 4.69) is 0 Å². The van der Waals surface area contributed by atoms with Gasteiger partial charge in [-0.15, -0.1) is 0 Å². The summed E-state index contributed by atoms with van der Waals surface area (Å²) in [4.78, 5) is 23.5. The van der Waals surface area contributed by atoms with Gasteiger partial charge in [0.05, 0.1) is 7.11 Å². The highest BCUT2D eigenvalue weighted by atomic mass is 32.1. The Kier molecular flexibility index (Phi) is 4.77. The lowest BCUT2D eigenvalue weighted by atomic mass is 10.1. The number of hydrogen-bond acceptors (Lipinski definition) is 6. The predicted octanol–water partition coefficient (Wildman–Crippen LogP) is 3.62. The van der Waals surface area contributed by atoms with Crippen molar-refractivity contribution in [3.05, 3.63) is 68.7 Å². The predicted molar refractivity (Wildman–Crippen MR) is 92.2 cm³/mol. The molecule has 6 heteroatoms. The molecule has 1 aromatic carbocycles. The molecular weight excluding hydrogens is 328 g/mol. The van der Waals surface area contributed by atoms with Crippen LogP contribution >= 0.6 is 11.3 Å². The van der Waals surface area contributed by atoms with Gasteiger partial charge in [0, 0.05) is 29.2 Å². The normalized spacial score (nSPS) is 11.0. The van der Waals surface area contributed by atoms with E-state index in [0.717, 1.165) is 5.56 Å². The number of thiophene rings is 1. The maximum absolute atomic E-state index is 11.8. The van der Waals surface area contributed by atoms with E-state index in [-0.39, 0.29) is 6.61 Å². The van der Waals surface area contributed by atoms with Crippen molar-refractivity contribution < 1.29 is 18.7 Å². The molecule has 0 aliphatic carbocycles. The summed E-state index contributed by atoms with van der Waals surface area (Å²) in [6, 6.07) is 8.37. The largest absolute Gasteiger partial charge is 0.497 e. The number of ether oxygens (including phenoxy) is 2. The van der Waals surface area contributed by atoms with Gasteiger partial charge >= 0.3 is 11.6 Å². The minimum Gasteiger partial charge on any atom is -0.497 e. The van der Waals surface area contributed by atoms with Crippen molar-refractivity contribution in [1.82, 2.24) is 0 Å². The first-order valence-corrected chi connectivity index (χ1v) is 8.08. The summed E-state index contributed by atoms with van der Waals surface area (Å²) in [5, 5.41) is 4.55. The number of benzene rings is 1. The Hall–Kier alpha value is -2.86. The second kappa shape index (κ2) is 7.14. The molecule has 5 nitrogen and oxygen atoms in total. The topological polar surface area (TPSA) is 65.7 Å². The van der Waals surface area contributed by atoms with Crippen LogP contribution < -0.4 is 10.4 Å². The standard InChI is InChI=1S/C18H14O5S/c1-21-14-3-4-15-13(8-18(20)23-16(15)9-14)10-22-17(19)5-2-12-6-7-24-11-12/h2-9,11H,10H2,1H3/b5-2+. The molecule has 0 unspecified atom stereocenters. The van der Waals surface area contributed by atoms with Gasteiger partial charge in [0.2, 0.25) is 0 Å². The fourth-order valence-corrected chi connectivity index (χ4v) is 2.82. The maximum atomic E-state index is 11.8. The molecule has 0 atom stereocenters. The van der Waals surface area contributed by atoms with E-state index in [1.54, 1.807) is 35.6 Å². The number of fused-ring (bicyclic) bond motifs is 1. The minimum absolute atomic E-state index is 0.0127. The average molecular weight is 342 g/mol. The minimum atomic E-state index is -0.504. The lowest BCUT2D eigenvalue weighted by Gasteiger charge is -2.07. The van der Waals surface area contributed by atoms with Crippen LogP contribution in [0.5, 0.6) is 5.75 Å². The number of carbonyl (C=O) groups excluding carboxylic acids is 1. The molecule has 0 N–H and O–H groups in total. The molecule has 0 radical (unpaired) electrons. The second-order valence-corrected chi connectivity index (χ2v) is 5.73. The van der Waals surface area contributed by atoms with E-state index in [0.29, 0.717) is 22.3 Å². The fourth-order valence-electron chi connectivity index (χ4n) is 2.19. The summed E-state index contributed by atoms with van der Waals surface area (Å²) in [5.41, 5.74) is 1.41. The van der Waals surface area contributed by atoms with Crippen molar-refractivity contribution in [2.24, 2.45) is 0 Å². The van der Waals surface area contributed by atoms with E-state index in [4.69, 9.17) is 13.9 Å². The third kappa shape index (κ3) is 3.72. The zero-order valence-electron chi connectivity index (χ0n) is 12.9.